The van der Waals surface area contributed by atoms with Gasteiger partial charge in [0.25, 0.3) is 0 Å². The molecule has 0 atom stereocenters. The number of hydrogen-bond donors (Lipinski definition) is 1. The average molecular weight is 466 g/mol. The van der Waals surface area contributed by atoms with E-state index in [2.05, 4.69) is 10.2 Å². The molecule has 164 valence electrons. The standard InChI is InChI=1S/C23H23N5O2S2/c1-2-27(18-10-5-8-16-7-3-4-9-17(16)18)21(30)15-32-23-26-25-22(19-11-6-14-31-19)28(23)13-12-20(24)29/h3-11,14H,2,12-13,15H2,1H3,(H2,24,29). The molecule has 2 amide bonds. The largest absolute Gasteiger partial charge is 0.370 e. The lowest BCUT2D eigenvalue weighted by Gasteiger charge is -2.22. The van der Waals surface area contributed by atoms with Crippen LogP contribution in [0.4, 0.5) is 5.69 Å². The number of carbonyl (C=O) groups excluding carboxylic acids is 2. The minimum atomic E-state index is -0.393. The summed E-state index contributed by atoms with van der Waals surface area (Å²) in [5.41, 5.74) is 6.25. The maximum absolute atomic E-state index is 13.2. The first-order chi connectivity index (χ1) is 15.6. The minimum absolute atomic E-state index is 0.0176. The minimum Gasteiger partial charge on any atom is -0.370 e. The van der Waals surface area contributed by atoms with Crippen LogP contribution in [-0.4, -0.2) is 38.9 Å². The second-order valence-electron chi connectivity index (χ2n) is 7.08. The number of thioether (sulfide) groups is 1. The number of anilines is 1. The number of aromatic nitrogens is 3. The van der Waals surface area contributed by atoms with Crippen molar-refractivity contribution < 1.29 is 9.59 Å². The van der Waals surface area contributed by atoms with Crippen molar-refractivity contribution in [3.8, 4) is 10.7 Å². The van der Waals surface area contributed by atoms with E-state index in [1.54, 1.807) is 16.2 Å². The summed E-state index contributed by atoms with van der Waals surface area (Å²) in [5, 5.41) is 13.3. The highest BCUT2D eigenvalue weighted by Gasteiger charge is 2.20. The molecule has 0 saturated heterocycles. The summed E-state index contributed by atoms with van der Waals surface area (Å²) in [6, 6.07) is 17.9. The van der Waals surface area contributed by atoms with Gasteiger partial charge in [0.15, 0.2) is 11.0 Å². The van der Waals surface area contributed by atoms with Crippen molar-refractivity contribution >= 4 is 51.4 Å². The molecule has 7 nitrogen and oxygen atoms in total. The van der Waals surface area contributed by atoms with Gasteiger partial charge in [-0.05, 0) is 29.8 Å². The van der Waals surface area contributed by atoms with Crippen LogP contribution in [0.5, 0.6) is 0 Å². The molecule has 0 aliphatic heterocycles. The smallest absolute Gasteiger partial charge is 0.237 e. The lowest BCUT2D eigenvalue weighted by Crippen LogP contribution is -2.32. The van der Waals surface area contributed by atoms with Crippen molar-refractivity contribution in [2.24, 2.45) is 5.73 Å². The van der Waals surface area contributed by atoms with Crippen LogP contribution in [0.1, 0.15) is 13.3 Å². The third-order valence-electron chi connectivity index (χ3n) is 5.04. The molecular formula is C23H23N5O2S2. The number of thiophene rings is 1. The predicted molar refractivity (Wildman–Crippen MR) is 130 cm³/mol. The first-order valence-electron chi connectivity index (χ1n) is 10.2. The number of benzene rings is 2. The third-order valence-corrected chi connectivity index (χ3v) is 6.86. The van der Waals surface area contributed by atoms with E-state index in [4.69, 9.17) is 5.73 Å². The third kappa shape index (κ3) is 4.68. The molecule has 2 aromatic heterocycles. The quantitative estimate of drug-likeness (QED) is 0.374. The molecule has 0 radical (unpaired) electrons. The number of rotatable bonds is 9. The summed E-state index contributed by atoms with van der Waals surface area (Å²) in [4.78, 5) is 27.3. The molecule has 0 saturated carbocycles. The highest BCUT2D eigenvalue weighted by atomic mass is 32.2. The molecular weight excluding hydrogens is 442 g/mol. The highest BCUT2D eigenvalue weighted by Crippen LogP contribution is 2.30. The summed E-state index contributed by atoms with van der Waals surface area (Å²) in [5.74, 6) is 0.473. The molecule has 2 aromatic carbocycles. The van der Waals surface area contributed by atoms with E-state index >= 15 is 0 Å². The zero-order chi connectivity index (χ0) is 22.5. The molecule has 32 heavy (non-hydrogen) atoms. The Morgan fingerprint density at radius 2 is 1.91 bits per heavy atom. The average Bonchev–Trinajstić information content (AvgIpc) is 3.46. The van der Waals surface area contributed by atoms with Crippen LogP contribution in [0.3, 0.4) is 0 Å². The Balaban J connectivity index is 1.56. The Kier molecular flexibility index (Phi) is 6.87. The van der Waals surface area contributed by atoms with Gasteiger partial charge in [-0.3, -0.25) is 9.59 Å². The lowest BCUT2D eigenvalue weighted by molar-refractivity contribution is -0.118. The fraction of sp³-hybridized carbons (Fsp3) is 0.217. The maximum atomic E-state index is 13.2. The highest BCUT2D eigenvalue weighted by molar-refractivity contribution is 7.99. The van der Waals surface area contributed by atoms with E-state index < -0.39 is 5.91 Å². The van der Waals surface area contributed by atoms with Gasteiger partial charge in [0.2, 0.25) is 11.8 Å². The molecule has 0 aliphatic rings. The van der Waals surface area contributed by atoms with Gasteiger partial charge < -0.3 is 15.2 Å². The molecule has 0 bridgehead atoms. The van der Waals surface area contributed by atoms with Crippen LogP contribution in [-0.2, 0) is 16.1 Å². The number of carbonyl (C=O) groups is 2. The van der Waals surface area contributed by atoms with Crippen LogP contribution >= 0.6 is 23.1 Å². The molecule has 2 N–H and O–H groups in total. The molecule has 2 heterocycles. The number of hydrogen-bond acceptors (Lipinski definition) is 6. The van der Waals surface area contributed by atoms with Crippen molar-refractivity contribution in [3.05, 3.63) is 60.0 Å². The van der Waals surface area contributed by atoms with Crippen LogP contribution in [0.15, 0.2) is 65.1 Å². The Labute approximate surface area is 194 Å². The molecule has 4 rings (SSSR count). The fourth-order valence-corrected chi connectivity index (χ4v) is 5.09. The van der Waals surface area contributed by atoms with Crippen LogP contribution in [0.2, 0.25) is 0 Å². The summed E-state index contributed by atoms with van der Waals surface area (Å²) < 4.78 is 1.86. The second kappa shape index (κ2) is 9.97. The van der Waals surface area contributed by atoms with Gasteiger partial charge in [0, 0.05) is 24.9 Å². The molecule has 4 aromatic rings. The normalized spacial score (nSPS) is 11.0. The number of primary amides is 1. The Hall–Kier alpha value is -3.17. The number of fused-ring (bicyclic) bond motifs is 1. The summed E-state index contributed by atoms with van der Waals surface area (Å²) >= 11 is 2.86. The van der Waals surface area contributed by atoms with Crippen LogP contribution < -0.4 is 10.6 Å². The van der Waals surface area contributed by atoms with Crippen molar-refractivity contribution in [2.45, 2.75) is 25.0 Å². The van der Waals surface area contributed by atoms with Gasteiger partial charge >= 0.3 is 0 Å². The monoisotopic (exact) mass is 465 g/mol. The maximum Gasteiger partial charge on any atom is 0.237 e. The van der Waals surface area contributed by atoms with Gasteiger partial charge in [-0.25, -0.2) is 0 Å². The Bertz CT molecular complexity index is 1230. The first-order valence-corrected chi connectivity index (χ1v) is 12.1. The number of nitrogens with two attached hydrogens (primary N) is 1. The molecule has 0 aliphatic carbocycles. The Morgan fingerprint density at radius 1 is 1.09 bits per heavy atom. The zero-order valence-electron chi connectivity index (χ0n) is 17.6. The SMILES string of the molecule is CCN(C(=O)CSc1nnc(-c2cccs2)n1CCC(N)=O)c1cccc2ccccc12. The van der Waals surface area contributed by atoms with Gasteiger partial charge in [-0.15, -0.1) is 21.5 Å². The predicted octanol–water partition coefficient (Wildman–Crippen LogP) is 4.18. The van der Waals surface area contributed by atoms with E-state index in [9.17, 15) is 9.59 Å². The molecule has 9 heteroatoms. The summed E-state index contributed by atoms with van der Waals surface area (Å²) in [6.07, 6.45) is 0.176. The topological polar surface area (TPSA) is 94.1 Å². The number of nitrogens with zero attached hydrogens (tertiary/aromatic N) is 4. The van der Waals surface area contributed by atoms with E-state index in [0.717, 1.165) is 21.3 Å². The molecule has 0 spiro atoms. The summed E-state index contributed by atoms with van der Waals surface area (Å²) in [7, 11) is 0. The van der Waals surface area contributed by atoms with Gasteiger partial charge in [-0.2, -0.15) is 0 Å². The van der Waals surface area contributed by atoms with Crippen molar-refractivity contribution in [1.29, 1.82) is 0 Å². The van der Waals surface area contributed by atoms with E-state index in [1.165, 1.54) is 11.8 Å². The summed E-state index contributed by atoms with van der Waals surface area (Å²) in [6.45, 7) is 2.89. The second-order valence-corrected chi connectivity index (χ2v) is 8.97. The lowest BCUT2D eigenvalue weighted by atomic mass is 10.1. The van der Waals surface area contributed by atoms with Gasteiger partial charge in [0.05, 0.1) is 16.3 Å². The number of amides is 2. The van der Waals surface area contributed by atoms with Crippen LogP contribution in [0, 0.1) is 0 Å². The van der Waals surface area contributed by atoms with Crippen molar-refractivity contribution in [1.82, 2.24) is 14.8 Å². The zero-order valence-corrected chi connectivity index (χ0v) is 19.2. The van der Waals surface area contributed by atoms with Gasteiger partial charge in [-0.1, -0.05) is 54.2 Å². The van der Waals surface area contributed by atoms with Crippen molar-refractivity contribution in [3.63, 3.8) is 0 Å². The van der Waals surface area contributed by atoms with Crippen LogP contribution in [0.25, 0.3) is 21.5 Å². The van der Waals surface area contributed by atoms with Gasteiger partial charge in [0.1, 0.15) is 0 Å². The van der Waals surface area contributed by atoms with E-state index in [1.807, 2.05) is 71.5 Å². The van der Waals surface area contributed by atoms with Crippen molar-refractivity contribution in [2.75, 3.05) is 17.2 Å². The van der Waals surface area contributed by atoms with E-state index in [0.29, 0.717) is 24.1 Å². The fourth-order valence-electron chi connectivity index (χ4n) is 3.54. The first kappa shape index (κ1) is 22.0. The molecule has 0 fully saturated rings. The van der Waals surface area contributed by atoms with E-state index in [-0.39, 0.29) is 18.1 Å². The molecule has 0 unspecified atom stereocenters. The Morgan fingerprint density at radius 3 is 2.66 bits per heavy atom.